The van der Waals surface area contributed by atoms with Gasteiger partial charge in [0.2, 0.25) is 5.91 Å². The van der Waals surface area contributed by atoms with Gasteiger partial charge in [0, 0.05) is 24.9 Å². The number of amides is 1. The van der Waals surface area contributed by atoms with Crippen molar-refractivity contribution in [3.05, 3.63) is 70.3 Å². The highest BCUT2D eigenvalue weighted by Crippen LogP contribution is 2.18. The fourth-order valence-corrected chi connectivity index (χ4v) is 2.86. The van der Waals surface area contributed by atoms with Crippen LogP contribution in [0.25, 0.3) is 6.08 Å². The van der Waals surface area contributed by atoms with E-state index in [4.69, 9.17) is 0 Å². The van der Waals surface area contributed by atoms with E-state index in [1.165, 1.54) is 55.6 Å². The topological polar surface area (TPSA) is 131 Å². The largest absolute Gasteiger partial charge is 0.326 e. The number of nitro benzene ring substituents is 1. The summed E-state index contributed by atoms with van der Waals surface area (Å²) in [7, 11) is -3.87. The van der Waals surface area contributed by atoms with Gasteiger partial charge in [0.1, 0.15) is 0 Å². The normalized spacial score (nSPS) is 11.6. The minimum absolute atomic E-state index is 0.0311. The molecular weight excluding hydrogens is 372 g/mol. The minimum Gasteiger partial charge on any atom is -0.326 e. The molecule has 2 aromatic rings. The number of rotatable bonds is 7. The van der Waals surface area contributed by atoms with Gasteiger partial charge in [-0.15, -0.1) is 0 Å². The minimum atomic E-state index is -3.87. The average molecular weight is 388 g/mol. The van der Waals surface area contributed by atoms with Crippen LogP contribution in [0.1, 0.15) is 12.5 Å². The number of sulfonamides is 1. The predicted octanol–water partition coefficient (Wildman–Crippen LogP) is 2.53. The number of anilines is 1. The van der Waals surface area contributed by atoms with Gasteiger partial charge in [0.15, 0.2) is 0 Å². The number of allylic oxidation sites excluding steroid dienone is 1. The van der Waals surface area contributed by atoms with Crippen LogP contribution in [-0.4, -0.2) is 25.5 Å². The zero-order valence-electron chi connectivity index (χ0n) is 14.2. The Morgan fingerprint density at radius 3 is 2.44 bits per heavy atom. The molecular formula is C17H16N4O5S. The third kappa shape index (κ3) is 5.75. The average Bonchev–Trinajstić information content (AvgIpc) is 2.61. The molecule has 0 aliphatic rings. The maximum atomic E-state index is 12.1. The van der Waals surface area contributed by atoms with Crippen LogP contribution in [0.3, 0.4) is 0 Å². The molecule has 0 unspecified atom stereocenters. The highest BCUT2D eigenvalue weighted by Gasteiger charge is 2.12. The first-order valence-corrected chi connectivity index (χ1v) is 9.10. The molecule has 9 nitrogen and oxygen atoms in total. The third-order valence-electron chi connectivity index (χ3n) is 3.23. The summed E-state index contributed by atoms with van der Waals surface area (Å²) in [6.45, 7) is 1.35. The summed E-state index contributed by atoms with van der Waals surface area (Å²) >= 11 is 0. The molecule has 0 saturated carbocycles. The molecule has 0 fully saturated rings. The van der Waals surface area contributed by atoms with E-state index in [-0.39, 0.29) is 16.5 Å². The van der Waals surface area contributed by atoms with Crippen molar-refractivity contribution in [1.82, 2.24) is 4.83 Å². The second kappa shape index (κ2) is 8.72. The number of hydrogen-bond donors (Lipinski definition) is 2. The van der Waals surface area contributed by atoms with Crippen molar-refractivity contribution in [2.75, 3.05) is 5.32 Å². The lowest BCUT2D eigenvalue weighted by Gasteiger charge is -2.05. The van der Waals surface area contributed by atoms with E-state index < -0.39 is 14.9 Å². The van der Waals surface area contributed by atoms with Crippen molar-refractivity contribution >= 4 is 39.6 Å². The Kier molecular flexibility index (Phi) is 6.39. The monoisotopic (exact) mass is 388 g/mol. The van der Waals surface area contributed by atoms with Gasteiger partial charge in [0.05, 0.1) is 15.4 Å². The van der Waals surface area contributed by atoms with Gasteiger partial charge in [-0.1, -0.05) is 12.1 Å². The van der Waals surface area contributed by atoms with Gasteiger partial charge in [-0.3, -0.25) is 14.9 Å². The maximum absolute atomic E-state index is 12.1. The first-order chi connectivity index (χ1) is 12.8. The molecule has 10 heteroatoms. The molecule has 2 N–H and O–H groups in total. The molecule has 0 aliphatic heterocycles. The van der Waals surface area contributed by atoms with E-state index in [0.29, 0.717) is 11.3 Å². The lowest BCUT2D eigenvalue weighted by atomic mass is 10.2. The van der Waals surface area contributed by atoms with Gasteiger partial charge >= 0.3 is 0 Å². The Balaban J connectivity index is 2.02. The van der Waals surface area contributed by atoms with Crippen molar-refractivity contribution < 1.29 is 18.1 Å². The summed E-state index contributed by atoms with van der Waals surface area (Å²) < 4.78 is 24.2. The summed E-state index contributed by atoms with van der Waals surface area (Å²) in [5.41, 5.74) is 0.768. The SMILES string of the molecule is CC(=O)Nc1ccc(S(=O)(=O)N/N=C\C=C\c2ccccc2[N+](=O)[O-])cc1. The van der Waals surface area contributed by atoms with Crippen molar-refractivity contribution in [1.29, 1.82) is 0 Å². The molecule has 27 heavy (non-hydrogen) atoms. The van der Waals surface area contributed by atoms with Crippen molar-refractivity contribution in [3.63, 3.8) is 0 Å². The molecule has 2 rings (SSSR count). The highest BCUT2D eigenvalue weighted by atomic mass is 32.2. The number of nitrogens with one attached hydrogen (secondary N) is 2. The molecule has 0 heterocycles. The van der Waals surface area contributed by atoms with Crippen LogP contribution in [0, 0.1) is 10.1 Å². The molecule has 0 bridgehead atoms. The number of carbonyl (C=O) groups is 1. The first kappa shape index (κ1) is 19.8. The van der Waals surface area contributed by atoms with Crippen LogP contribution < -0.4 is 10.1 Å². The second-order valence-electron chi connectivity index (χ2n) is 5.25. The lowest BCUT2D eigenvalue weighted by molar-refractivity contribution is -0.385. The summed E-state index contributed by atoms with van der Waals surface area (Å²) in [6, 6.07) is 11.7. The van der Waals surface area contributed by atoms with Crippen molar-refractivity contribution in [2.24, 2.45) is 5.10 Å². The molecule has 0 spiro atoms. The number of nitro groups is 1. The van der Waals surface area contributed by atoms with Crippen LogP contribution >= 0.6 is 0 Å². The van der Waals surface area contributed by atoms with Crippen molar-refractivity contribution in [3.8, 4) is 0 Å². The van der Waals surface area contributed by atoms with E-state index in [0.717, 1.165) is 0 Å². The smallest absolute Gasteiger partial charge is 0.276 e. The molecule has 2 aromatic carbocycles. The zero-order valence-corrected chi connectivity index (χ0v) is 15.0. The number of hydrogen-bond acceptors (Lipinski definition) is 6. The summed E-state index contributed by atoms with van der Waals surface area (Å²) in [6.07, 6.45) is 3.99. The van der Waals surface area contributed by atoms with Crippen LogP contribution in [0.15, 0.2) is 64.6 Å². The fourth-order valence-electron chi connectivity index (χ4n) is 2.06. The molecule has 0 radical (unpaired) electrons. The highest BCUT2D eigenvalue weighted by molar-refractivity contribution is 7.89. The second-order valence-corrected chi connectivity index (χ2v) is 6.91. The Hall–Kier alpha value is -3.53. The van der Waals surface area contributed by atoms with E-state index >= 15 is 0 Å². The zero-order chi connectivity index (χ0) is 19.9. The molecule has 0 saturated heterocycles. The number of benzene rings is 2. The molecule has 1 amide bonds. The van der Waals surface area contributed by atoms with E-state index in [1.807, 2.05) is 4.83 Å². The summed E-state index contributed by atoms with van der Waals surface area (Å²) in [5.74, 6) is -0.265. The fraction of sp³-hybridized carbons (Fsp3) is 0.0588. The van der Waals surface area contributed by atoms with Gasteiger partial charge in [-0.25, -0.2) is 4.83 Å². The van der Waals surface area contributed by atoms with Crippen LogP contribution in [-0.2, 0) is 14.8 Å². The summed E-state index contributed by atoms with van der Waals surface area (Å²) in [4.78, 5) is 23.3. The van der Waals surface area contributed by atoms with E-state index in [2.05, 4.69) is 10.4 Å². The quantitative estimate of drug-likeness (QED) is 0.427. The van der Waals surface area contributed by atoms with Gasteiger partial charge in [-0.2, -0.15) is 13.5 Å². The third-order valence-corrected chi connectivity index (χ3v) is 4.47. The number of para-hydroxylation sites is 1. The van der Waals surface area contributed by atoms with Crippen molar-refractivity contribution in [2.45, 2.75) is 11.8 Å². The van der Waals surface area contributed by atoms with Gasteiger partial charge in [-0.05, 0) is 42.5 Å². The van der Waals surface area contributed by atoms with Crippen LogP contribution in [0.4, 0.5) is 11.4 Å². The van der Waals surface area contributed by atoms with E-state index in [1.54, 1.807) is 18.2 Å². The standard InChI is InChI=1S/C17H16N4O5S/c1-13(22)19-15-8-10-16(11-9-15)27(25,26)20-18-12-4-6-14-5-2-3-7-17(14)21(23)24/h2-12,20H,1H3,(H,19,22)/b6-4+,18-12-. The molecule has 0 aliphatic carbocycles. The lowest BCUT2D eigenvalue weighted by Crippen LogP contribution is -2.18. The van der Waals surface area contributed by atoms with Gasteiger partial charge < -0.3 is 5.32 Å². The Bertz CT molecular complexity index is 998. The molecule has 0 aromatic heterocycles. The van der Waals surface area contributed by atoms with Gasteiger partial charge in [0.25, 0.3) is 15.7 Å². The Labute approximate surface area is 155 Å². The number of carbonyl (C=O) groups excluding carboxylic acids is 1. The van der Waals surface area contributed by atoms with E-state index in [9.17, 15) is 23.3 Å². The summed E-state index contributed by atoms with van der Waals surface area (Å²) in [5, 5.41) is 17.0. The predicted molar refractivity (Wildman–Crippen MR) is 102 cm³/mol. The number of hydrazone groups is 1. The number of nitrogens with zero attached hydrogens (tertiary/aromatic N) is 2. The van der Waals surface area contributed by atoms with Crippen LogP contribution in [0.5, 0.6) is 0 Å². The Morgan fingerprint density at radius 2 is 1.81 bits per heavy atom. The molecule has 140 valence electrons. The first-order valence-electron chi connectivity index (χ1n) is 7.62. The van der Waals surface area contributed by atoms with Crippen LogP contribution in [0.2, 0.25) is 0 Å². The molecule has 0 atom stereocenters. The Morgan fingerprint density at radius 1 is 1.15 bits per heavy atom. The maximum Gasteiger partial charge on any atom is 0.276 e.